The largest absolute Gasteiger partial charge is 0.299 e. The molecule has 2 aliphatic rings. The topological polar surface area (TPSA) is 60.2 Å². The average Bonchev–Trinajstić information content (AvgIpc) is 2.14. The fraction of sp³-hybridized carbons (Fsp3) is 0.900. The summed E-state index contributed by atoms with van der Waals surface area (Å²) in [6.07, 6.45) is 4.55. The highest BCUT2D eigenvalue weighted by Gasteiger charge is 2.40. The maximum Gasteiger partial charge on any atom is 0.207 e. The van der Waals surface area contributed by atoms with Gasteiger partial charge in [-0.1, -0.05) is 6.42 Å². The summed E-state index contributed by atoms with van der Waals surface area (Å²) in [6.45, 7) is -0.0108. The normalized spacial score (nSPS) is 36.9. The van der Waals surface area contributed by atoms with Gasteiger partial charge in [0.05, 0.1) is 0 Å². The van der Waals surface area contributed by atoms with Gasteiger partial charge < -0.3 is 0 Å². The Morgan fingerprint density at radius 1 is 1.43 bits per heavy atom. The molecule has 0 aromatic rings. The summed E-state index contributed by atoms with van der Waals surface area (Å²) in [6, 6.07) is 0. The van der Waals surface area contributed by atoms with E-state index < -0.39 is 0 Å². The summed E-state index contributed by atoms with van der Waals surface area (Å²) in [5.41, 5.74) is 0. The van der Waals surface area contributed by atoms with Crippen molar-refractivity contribution in [2.75, 3.05) is 6.54 Å². The van der Waals surface area contributed by atoms with Gasteiger partial charge in [0.15, 0.2) is 0 Å². The summed E-state index contributed by atoms with van der Waals surface area (Å²) in [5.74, 6) is 0.968. The molecule has 0 radical (unpaired) electrons. The standard InChI is InChI=1S/C10H15NO3/c12-10-5-9(6-11(13)14)7-2-1-3-8(10)4-7/h7-9H,1-6H2/t7-,8+,9+/m0/s1. The van der Waals surface area contributed by atoms with E-state index in [1.807, 2.05) is 0 Å². The first-order valence-electron chi connectivity index (χ1n) is 5.31. The zero-order valence-electron chi connectivity index (χ0n) is 8.15. The van der Waals surface area contributed by atoms with Crippen LogP contribution in [0.5, 0.6) is 0 Å². The van der Waals surface area contributed by atoms with E-state index in [4.69, 9.17) is 0 Å². The van der Waals surface area contributed by atoms with Crippen molar-refractivity contribution in [1.29, 1.82) is 0 Å². The molecular weight excluding hydrogens is 182 g/mol. The fourth-order valence-corrected chi connectivity index (χ4v) is 2.95. The quantitative estimate of drug-likeness (QED) is 0.499. The molecule has 0 aromatic carbocycles. The van der Waals surface area contributed by atoms with E-state index in [1.54, 1.807) is 0 Å². The lowest BCUT2D eigenvalue weighted by Gasteiger charge is -2.37. The summed E-state index contributed by atoms with van der Waals surface area (Å²) in [5, 5.41) is 10.4. The molecule has 0 saturated heterocycles. The molecule has 14 heavy (non-hydrogen) atoms. The van der Waals surface area contributed by atoms with Gasteiger partial charge in [-0.25, -0.2) is 0 Å². The number of hydrogen-bond acceptors (Lipinski definition) is 3. The van der Waals surface area contributed by atoms with E-state index in [1.165, 1.54) is 0 Å². The molecule has 2 rings (SSSR count). The maximum absolute atomic E-state index is 11.6. The molecule has 0 spiro atoms. The van der Waals surface area contributed by atoms with Crippen LogP contribution in [0.4, 0.5) is 0 Å². The predicted molar refractivity (Wildman–Crippen MR) is 50.4 cm³/mol. The van der Waals surface area contributed by atoms with E-state index in [-0.39, 0.29) is 29.1 Å². The second kappa shape index (κ2) is 3.67. The summed E-state index contributed by atoms with van der Waals surface area (Å²) in [7, 11) is 0. The lowest BCUT2D eigenvalue weighted by Crippen LogP contribution is -2.38. The highest BCUT2D eigenvalue weighted by atomic mass is 16.6. The lowest BCUT2D eigenvalue weighted by atomic mass is 9.66. The minimum atomic E-state index is -0.271. The van der Waals surface area contributed by atoms with Crippen molar-refractivity contribution in [3.63, 3.8) is 0 Å². The van der Waals surface area contributed by atoms with Crippen LogP contribution >= 0.6 is 0 Å². The Morgan fingerprint density at radius 3 is 2.93 bits per heavy atom. The van der Waals surface area contributed by atoms with Gasteiger partial charge in [-0.15, -0.1) is 0 Å². The van der Waals surface area contributed by atoms with E-state index in [9.17, 15) is 14.9 Å². The highest BCUT2D eigenvalue weighted by molar-refractivity contribution is 5.82. The van der Waals surface area contributed by atoms with Crippen molar-refractivity contribution in [2.24, 2.45) is 17.8 Å². The molecule has 0 unspecified atom stereocenters. The molecule has 4 heteroatoms. The van der Waals surface area contributed by atoms with Gasteiger partial charge in [0.2, 0.25) is 6.54 Å². The number of Topliss-reactive ketones (excluding diaryl/α,β-unsaturated/α-hetero) is 1. The SMILES string of the molecule is O=C1C[C@H](C[N+](=O)[O-])[C@H]2CCC[C@@H]1C2. The Bertz CT molecular complexity index is 264. The molecule has 78 valence electrons. The third kappa shape index (κ3) is 1.79. The van der Waals surface area contributed by atoms with Crippen LogP contribution in [0.25, 0.3) is 0 Å². The number of nitro groups is 1. The molecule has 0 N–H and O–H groups in total. The molecule has 2 bridgehead atoms. The smallest absolute Gasteiger partial charge is 0.207 e. The molecule has 0 aromatic heterocycles. The van der Waals surface area contributed by atoms with Crippen molar-refractivity contribution >= 4 is 5.78 Å². The fourth-order valence-electron chi connectivity index (χ4n) is 2.95. The molecule has 2 aliphatic carbocycles. The monoisotopic (exact) mass is 197 g/mol. The number of carbonyl (C=O) groups is 1. The average molecular weight is 197 g/mol. The van der Waals surface area contributed by atoms with Crippen LogP contribution in [0.1, 0.15) is 32.1 Å². The predicted octanol–water partition coefficient (Wildman–Crippen LogP) is 1.66. The zero-order chi connectivity index (χ0) is 10.1. The molecule has 0 heterocycles. The Kier molecular flexibility index (Phi) is 2.52. The third-order valence-corrected chi connectivity index (χ3v) is 3.68. The molecule has 0 aliphatic heterocycles. The Morgan fingerprint density at radius 2 is 2.21 bits per heavy atom. The second-order valence-corrected chi connectivity index (χ2v) is 4.57. The van der Waals surface area contributed by atoms with Crippen LogP contribution in [0, 0.1) is 27.9 Å². The van der Waals surface area contributed by atoms with Gasteiger partial charge in [0.25, 0.3) is 0 Å². The van der Waals surface area contributed by atoms with Crippen LogP contribution in [0.2, 0.25) is 0 Å². The van der Waals surface area contributed by atoms with Gasteiger partial charge in [0, 0.05) is 23.2 Å². The molecule has 2 saturated carbocycles. The van der Waals surface area contributed by atoms with Gasteiger partial charge in [-0.2, -0.15) is 0 Å². The number of carbonyl (C=O) groups excluding carboxylic acids is 1. The minimum absolute atomic E-state index is 0.0108. The van der Waals surface area contributed by atoms with Crippen LogP contribution in [0.15, 0.2) is 0 Å². The second-order valence-electron chi connectivity index (χ2n) is 4.57. The van der Waals surface area contributed by atoms with Crippen molar-refractivity contribution in [2.45, 2.75) is 32.1 Å². The molecule has 0 amide bonds. The van der Waals surface area contributed by atoms with E-state index in [0.717, 1.165) is 25.7 Å². The molecule has 2 fully saturated rings. The first-order valence-corrected chi connectivity index (χ1v) is 5.31. The minimum Gasteiger partial charge on any atom is -0.299 e. The number of hydrogen-bond donors (Lipinski definition) is 0. The Hall–Kier alpha value is -0.930. The number of fused-ring (bicyclic) bond motifs is 2. The Balaban J connectivity index is 2.04. The van der Waals surface area contributed by atoms with E-state index in [2.05, 4.69) is 0 Å². The zero-order valence-corrected chi connectivity index (χ0v) is 8.15. The van der Waals surface area contributed by atoms with Gasteiger partial charge in [0.1, 0.15) is 5.78 Å². The summed E-state index contributed by atoms with van der Waals surface area (Å²) < 4.78 is 0. The summed E-state index contributed by atoms with van der Waals surface area (Å²) in [4.78, 5) is 21.7. The first kappa shape index (κ1) is 9.62. The number of rotatable bonds is 2. The van der Waals surface area contributed by atoms with Crippen LogP contribution < -0.4 is 0 Å². The van der Waals surface area contributed by atoms with Crippen molar-refractivity contribution in [3.8, 4) is 0 Å². The van der Waals surface area contributed by atoms with Crippen molar-refractivity contribution < 1.29 is 9.72 Å². The van der Waals surface area contributed by atoms with E-state index in [0.29, 0.717) is 12.3 Å². The highest BCUT2D eigenvalue weighted by Crippen LogP contribution is 2.41. The van der Waals surface area contributed by atoms with Crippen LogP contribution in [-0.2, 0) is 4.79 Å². The lowest BCUT2D eigenvalue weighted by molar-refractivity contribution is -0.490. The number of nitrogens with zero attached hydrogens (tertiary/aromatic N) is 1. The van der Waals surface area contributed by atoms with Crippen LogP contribution in [0.3, 0.4) is 0 Å². The molecule has 3 atom stereocenters. The van der Waals surface area contributed by atoms with Crippen molar-refractivity contribution in [1.82, 2.24) is 0 Å². The Labute approximate surface area is 82.8 Å². The van der Waals surface area contributed by atoms with E-state index >= 15 is 0 Å². The van der Waals surface area contributed by atoms with Gasteiger partial charge in [-0.3, -0.25) is 14.9 Å². The number of ketones is 1. The van der Waals surface area contributed by atoms with Gasteiger partial charge in [-0.05, 0) is 25.2 Å². The maximum atomic E-state index is 11.6. The third-order valence-electron chi connectivity index (χ3n) is 3.68. The van der Waals surface area contributed by atoms with Gasteiger partial charge >= 0.3 is 0 Å². The van der Waals surface area contributed by atoms with Crippen LogP contribution in [-0.4, -0.2) is 17.3 Å². The first-order chi connectivity index (χ1) is 6.66. The summed E-state index contributed by atoms with van der Waals surface area (Å²) >= 11 is 0. The molecular formula is C10H15NO3. The molecule has 4 nitrogen and oxygen atoms in total. The van der Waals surface area contributed by atoms with Crippen molar-refractivity contribution in [3.05, 3.63) is 10.1 Å².